The zero-order chi connectivity index (χ0) is 26.5. The molecule has 1 saturated heterocycles. The Balaban J connectivity index is 0.00000220. The van der Waals surface area contributed by atoms with Gasteiger partial charge in [-0.25, -0.2) is 23.4 Å². The maximum atomic E-state index is 13.1. The number of hydrogen-bond acceptors (Lipinski definition) is 10. The number of anilines is 4. The van der Waals surface area contributed by atoms with Crippen LogP contribution in [0.2, 0.25) is 0 Å². The van der Waals surface area contributed by atoms with Gasteiger partial charge in [0.1, 0.15) is 23.6 Å². The van der Waals surface area contributed by atoms with Gasteiger partial charge in [-0.2, -0.15) is 0 Å². The van der Waals surface area contributed by atoms with Gasteiger partial charge in [-0.15, -0.1) is 11.3 Å². The molecule has 11 nitrogen and oxygen atoms in total. The molecule has 0 unspecified atom stereocenters. The van der Waals surface area contributed by atoms with E-state index >= 15 is 0 Å². The molecule has 2 N–H and O–H groups in total. The van der Waals surface area contributed by atoms with E-state index in [9.17, 15) is 13.2 Å². The summed E-state index contributed by atoms with van der Waals surface area (Å²) in [4.78, 5) is 29.2. The fraction of sp³-hybridized carbons (Fsp3) is 0.200. The fourth-order valence-corrected chi connectivity index (χ4v) is 5.71. The molecule has 1 amide bonds. The van der Waals surface area contributed by atoms with E-state index in [1.807, 2.05) is 24.3 Å². The molecule has 0 spiro atoms. The summed E-state index contributed by atoms with van der Waals surface area (Å²) in [6.45, 7) is 2.29. The molecule has 5 rings (SSSR count). The largest absolute Gasteiger partial charge is 0.495 e. The number of hydrogen-bond donors (Lipinski definition) is 2. The Morgan fingerprint density at radius 3 is 2.53 bits per heavy atom. The molecule has 13 heteroatoms. The van der Waals surface area contributed by atoms with Crippen molar-refractivity contribution in [1.29, 1.82) is 0 Å². The maximum Gasteiger partial charge on any atom is 0.273 e. The van der Waals surface area contributed by atoms with E-state index in [1.54, 1.807) is 41.7 Å². The molecule has 0 atom stereocenters. The monoisotopic (exact) mass is 555 g/mol. The molecule has 38 heavy (non-hydrogen) atoms. The van der Waals surface area contributed by atoms with Gasteiger partial charge >= 0.3 is 0 Å². The number of para-hydroxylation sites is 2. The molecule has 2 aromatic heterocycles. The Hall–Kier alpha value is -4.23. The SMILES string of the molecule is COc1ccccc1Nc1nc(C(=O)N2CCN(c3ccc(S(=O)(=O)Nc4ccncn4)cc3)CC2)cs1.[HH].[HH]. The number of thiazole rings is 1. The number of piperazine rings is 1. The highest BCUT2D eigenvalue weighted by Crippen LogP contribution is 2.29. The second-order valence-corrected chi connectivity index (χ2v) is 10.9. The molecule has 4 aromatic rings. The third-order valence-corrected chi connectivity index (χ3v) is 8.10. The second-order valence-electron chi connectivity index (χ2n) is 8.34. The Morgan fingerprint density at radius 2 is 1.82 bits per heavy atom. The summed E-state index contributed by atoms with van der Waals surface area (Å²) in [7, 11) is -2.16. The number of methoxy groups -OCH3 is 1. The third-order valence-electron chi connectivity index (χ3n) is 5.97. The Morgan fingerprint density at radius 1 is 1.05 bits per heavy atom. The molecule has 0 saturated carbocycles. The third kappa shape index (κ3) is 5.68. The minimum Gasteiger partial charge on any atom is -0.495 e. The van der Waals surface area contributed by atoms with Crippen molar-refractivity contribution in [2.75, 3.05) is 48.2 Å². The molecule has 0 radical (unpaired) electrons. The van der Waals surface area contributed by atoms with E-state index in [1.165, 1.54) is 29.9 Å². The first-order valence-corrected chi connectivity index (χ1v) is 14.1. The number of benzene rings is 2. The Bertz CT molecular complexity index is 1520. The lowest BCUT2D eigenvalue weighted by molar-refractivity contribution is 0.0742. The Kier molecular flexibility index (Phi) is 7.38. The smallest absolute Gasteiger partial charge is 0.273 e. The number of ether oxygens (including phenoxy) is 1. The molecular weight excluding hydrogens is 526 g/mol. The molecule has 0 bridgehead atoms. The normalized spacial score (nSPS) is 13.7. The van der Waals surface area contributed by atoms with Crippen LogP contribution in [0.15, 0.2) is 77.4 Å². The van der Waals surface area contributed by atoms with Crippen molar-refractivity contribution in [3.05, 3.63) is 78.2 Å². The van der Waals surface area contributed by atoms with Gasteiger partial charge < -0.3 is 19.9 Å². The van der Waals surface area contributed by atoms with Crippen LogP contribution < -0.4 is 19.7 Å². The van der Waals surface area contributed by atoms with E-state index in [0.717, 1.165) is 11.4 Å². The van der Waals surface area contributed by atoms with Gasteiger partial charge in [0, 0.05) is 46.3 Å². The predicted octanol–water partition coefficient (Wildman–Crippen LogP) is 3.94. The summed E-state index contributed by atoms with van der Waals surface area (Å²) in [6, 6.07) is 15.6. The summed E-state index contributed by atoms with van der Waals surface area (Å²) in [6.07, 6.45) is 2.74. The first-order chi connectivity index (χ1) is 18.4. The number of carbonyl (C=O) groups is 1. The summed E-state index contributed by atoms with van der Waals surface area (Å²) in [5, 5.41) is 5.57. The number of rotatable bonds is 8. The van der Waals surface area contributed by atoms with Crippen LogP contribution in [0.1, 0.15) is 13.3 Å². The van der Waals surface area contributed by atoms with E-state index in [2.05, 4.69) is 29.9 Å². The highest BCUT2D eigenvalue weighted by Gasteiger charge is 2.25. The Labute approximate surface area is 227 Å². The topological polar surface area (TPSA) is 130 Å². The van der Waals surface area contributed by atoms with Crippen molar-refractivity contribution in [2.24, 2.45) is 0 Å². The van der Waals surface area contributed by atoms with E-state index in [0.29, 0.717) is 42.8 Å². The van der Waals surface area contributed by atoms with Crippen molar-refractivity contribution in [3.8, 4) is 5.75 Å². The second kappa shape index (κ2) is 11.0. The lowest BCUT2D eigenvalue weighted by atomic mass is 10.2. The van der Waals surface area contributed by atoms with E-state index < -0.39 is 10.0 Å². The summed E-state index contributed by atoms with van der Waals surface area (Å²) in [5.41, 5.74) is 2.06. The van der Waals surface area contributed by atoms with Crippen LogP contribution in [0.25, 0.3) is 0 Å². The number of nitrogens with zero attached hydrogens (tertiary/aromatic N) is 5. The first kappa shape index (κ1) is 25.4. The van der Waals surface area contributed by atoms with Crippen LogP contribution in [0.4, 0.5) is 22.3 Å². The molecule has 1 aliphatic heterocycles. The van der Waals surface area contributed by atoms with Crippen LogP contribution in [0, 0.1) is 0 Å². The van der Waals surface area contributed by atoms with Gasteiger partial charge in [0.2, 0.25) is 0 Å². The number of sulfonamides is 1. The average Bonchev–Trinajstić information content (AvgIpc) is 3.42. The standard InChI is InChI=1S/C25H25N7O4S2.2H2/c1-36-22-5-3-2-4-20(22)28-25-29-21(16-37-25)24(33)32-14-12-31(13-15-32)18-6-8-19(9-7-18)38(34,35)30-23-10-11-26-17-27-23;;/h2-11,16-17H,12-15H2,1H3,(H,28,29)(H,26,27,30);2*1H. The molecule has 0 aliphatic carbocycles. The maximum absolute atomic E-state index is 13.1. The van der Waals surface area contributed by atoms with E-state index in [4.69, 9.17) is 4.74 Å². The summed E-state index contributed by atoms with van der Waals surface area (Å²) >= 11 is 1.36. The molecule has 3 heterocycles. The molecule has 1 aliphatic rings. The molecular formula is C25H29N7O4S2. The zero-order valence-corrected chi connectivity index (χ0v) is 22.1. The molecule has 2 aromatic carbocycles. The first-order valence-electron chi connectivity index (χ1n) is 11.7. The van der Waals surface area contributed by atoms with Gasteiger partial charge in [0.15, 0.2) is 5.13 Å². The van der Waals surface area contributed by atoms with Crippen molar-refractivity contribution in [3.63, 3.8) is 0 Å². The van der Waals surface area contributed by atoms with Crippen LogP contribution in [-0.4, -0.2) is 67.5 Å². The van der Waals surface area contributed by atoms with Crippen molar-refractivity contribution in [2.45, 2.75) is 4.90 Å². The zero-order valence-electron chi connectivity index (χ0n) is 20.4. The average molecular weight is 556 g/mol. The van der Waals surface area contributed by atoms with Crippen LogP contribution in [-0.2, 0) is 10.0 Å². The number of carbonyl (C=O) groups excluding carboxylic acids is 1. The van der Waals surface area contributed by atoms with Gasteiger partial charge in [0.25, 0.3) is 15.9 Å². The van der Waals surface area contributed by atoms with Gasteiger partial charge in [0.05, 0.1) is 17.7 Å². The van der Waals surface area contributed by atoms with E-state index in [-0.39, 0.29) is 19.5 Å². The quantitative estimate of drug-likeness (QED) is 0.332. The lowest BCUT2D eigenvalue weighted by Crippen LogP contribution is -2.48. The number of amides is 1. The van der Waals surface area contributed by atoms with Crippen molar-refractivity contribution < 1.29 is 20.8 Å². The highest BCUT2D eigenvalue weighted by atomic mass is 32.2. The van der Waals surface area contributed by atoms with Crippen LogP contribution in [0.5, 0.6) is 5.75 Å². The summed E-state index contributed by atoms with van der Waals surface area (Å²) < 4.78 is 33.1. The summed E-state index contributed by atoms with van der Waals surface area (Å²) in [5.74, 6) is 0.776. The van der Waals surface area contributed by atoms with Gasteiger partial charge in [-0.1, -0.05) is 12.1 Å². The predicted molar refractivity (Wildman–Crippen MR) is 150 cm³/mol. The van der Waals surface area contributed by atoms with Crippen molar-refractivity contribution >= 4 is 49.6 Å². The van der Waals surface area contributed by atoms with Gasteiger partial charge in [-0.3, -0.25) is 9.52 Å². The van der Waals surface area contributed by atoms with Crippen LogP contribution in [0.3, 0.4) is 0 Å². The molecule has 200 valence electrons. The fourth-order valence-electron chi connectivity index (χ4n) is 4.01. The van der Waals surface area contributed by atoms with Crippen LogP contribution >= 0.6 is 11.3 Å². The molecule has 1 fully saturated rings. The minimum absolute atomic E-state index is 0. The van der Waals surface area contributed by atoms with Gasteiger partial charge in [-0.05, 0) is 42.5 Å². The highest BCUT2D eigenvalue weighted by molar-refractivity contribution is 7.92. The van der Waals surface area contributed by atoms with Crippen molar-refractivity contribution in [1.82, 2.24) is 19.9 Å². The minimum atomic E-state index is -3.76. The number of aromatic nitrogens is 3. The lowest BCUT2D eigenvalue weighted by Gasteiger charge is -2.35. The number of nitrogens with one attached hydrogen (secondary N) is 2.